The van der Waals surface area contributed by atoms with E-state index >= 15 is 0 Å². The van der Waals surface area contributed by atoms with Crippen molar-refractivity contribution in [1.29, 1.82) is 0 Å². The number of amides is 2. The maximum Gasteiger partial charge on any atom is 0.243 e. The number of nitrogens with one attached hydrogen (secondary N) is 1. The van der Waals surface area contributed by atoms with E-state index in [0.717, 1.165) is 19.3 Å². The molecule has 4 atom stereocenters. The van der Waals surface area contributed by atoms with Crippen LogP contribution in [0.5, 0.6) is 0 Å². The van der Waals surface area contributed by atoms with Gasteiger partial charge in [-0.3, -0.25) is 9.59 Å². The minimum absolute atomic E-state index is 0.00953. The molecule has 0 radical (unpaired) electrons. The minimum atomic E-state index is -0.503. The van der Waals surface area contributed by atoms with Crippen molar-refractivity contribution < 1.29 is 14.3 Å². The van der Waals surface area contributed by atoms with Crippen molar-refractivity contribution in [3.63, 3.8) is 0 Å². The number of fused-ring (bicyclic) bond motifs is 2. The van der Waals surface area contributed by atoms with E-state index in [2.05, 4.69) is 5.32 Å². The molecule has 2 bridgehead atoms. The van der Waals surface area contributed by atoms with Gasteiger partial charge < -0.3 is 21.5 Å². The number of hydrogen-bond donors (Lipinski definition) is 3. The summed E-state index contributed by atoms with van der Waals surface area (Å²) in [5, 5.41) is 2.82. The van der Waals surface area contributed by atoms with Crippen molar-refractivity contribution in [3.05, 3.63) is 0 Å². The van der Waals surface area contributed by atoms with Crippen LogP contribution in [0.15, 0.2) is 0 Å². The summed E-state index contributed by atoms with van der Waals surface area (Å²) in [5.74, 6) is 0.460. The molecule has 2 rings (SSSR count). The van der Waals surface area contributed by atoms with Crippen LogP contribution in [0.1, 0.15) is 19.3 Å². The Balaban J connectivity index is 1.67. The first-order valence-corrected chi connectivity index (χ1v) is 6.49. The lowest BCUT2D eigenvalue weighted by atomic mass is 9.84. The van der Waals surface area contributed by atoms with E-state index in [1.807, 2.05) is 0 Å². The fourth-order valence-electron chi connectivity index (χ4n) is 3.26. The standard InChI is InChI=1S/C12H21N3O3/c13-9(16)6-18-4-3-15-12(17)10-7-1-2-8(5-7)11(10)14/h7-8,10-11H,1-6,14H2,(H2,13,16)(H,15,17). The van der Waals surface area contributed by atoms with Crippen LogP contribution in [0.2, 0.25) is 0 Å². The molecule has 0 aromatic rings. The van der Waals surface area contributed by atoms with Crippen LogP contribution >= 0.6 is 0 Å². The lowest BCUT2D eigenvalue weighted by molar-refractivity contribution is -0.127. The Labute approximate surface area is 106 Å². The van der Waals surface area contributed by atoms with Gasteiger partial charge in [0.2, 0.25) is 11.8 Å². The van der Waals surface area contributed by atoms with Gasteiger partial charge in [0, 0.05) is 12.6 Å². The lowest BCUT2D eigenvalue weighted by Crippen LogP contribution is -2.46. The largest absolute Gasteiger partial charge is 0.370 e. The summed E-state index contributed by atoms with van der Waals surface area (Å²) in [6, 6.07) is 0.00953. The van der Waals surface area contributed by atoms with Crippen LogP contribution in [-0.4, -0.2) is 37.6 Å². The maximum absolute atomic E-state index is 12.0. The third kappa shape index (κ3) is 2.81. The molecule has 5 N–H and O–H groups in total. The minimum Gasteiger partial charge on any atom is -0.370 e. The summed E-state index contributed by atoms with van der Waals surface area (Å²) in [6.45, 7) is 0.584. The van der Waals surface area contributed by atoms with Gasteiger partial charge >= 0.3 is 0 Å². The summed E-state index contributed by atoms with van der Waals surface area (Å²) in [4.78, 5) is 22.4. The fourth-order valence-corrected chi connectivity index (χ4v) is 3.26. The van der Waals surface area contributed by atoms with Gasteiger partial charge in [0.25, 0.3) is 0 Å². The van der Waals surface area contributed by atoms with E-state index in [1.165, 1.54) is 0 Å². The van der Waals surface area contributed by atoms with Crippen molar-refractivity contribution in [2.45, 2.75) is 25.3 Å². The van der Waals surface area contributed by atoms with Crippen LogP contribution in [0.3, 0.4) is 0 Å². The average molecular weight is 255 g/mol. The van der Waals surface area contributed by atoms with Gasteiger partial charge in [0.1, 0.15) is 6.61 Å². The zero-order valence-electron chi connectivity index (χ0n) is 10.4. The second kappa shape index (κ2) is 5.67. The Morgan fingerprint density at radius 2 is 2.00 bits per heavy atom. The highest BCUT2D eigenvalue weighted by molar-refractivity contribution is 5.80. The van der Waals surface area contributed by atoms with Gasteiger partial charge in [-0.2, -0.15) is 0 Å². The molecule has 2 saturated carbocycles. The van der Waals surface area contributed by atoms with Gasteiger partial charge in [-0.05, 0) is 31.1 Å². The maximum atomic E-state index is 12.0. The SMILES string of the molecule is NC(=O)COCCNC(=O)C1C2CCC(C2)C1N. The Hall–Kier alpha value is -1.14. The molecule has 2 fully saturated rings. The third-order valence-electron chi connectivity index (χ3n) is 4.07. The molecule has 2 aliphatic rings. The second-order valence-corrected chi connectivity index (χ2v) is 5.25. The number of primary amides is 1. The number of nitrogens with two attached hydrogens (primary N) is 2. The first kappa shape index (κ1) is 13.3. The van der Waals surface area contributed by atoms with Crippen molar-refractivity contribution >= 4 is 11.8 Å². The van der Waals surface area contributed by atoms with Gasteiger partial charge in [-0.15, -0.1) is 0 Å². The van der Waals surface area contributed by atoms with Gasteiger partial charge in [-0.1, -0.05) is 0 Å². The molecule has 0 saturated heterocycles. The van der Waals surface area contributed by atoms with E-state index < -0.39 is 5.91 Å². The molecular weight excluding hydrogens is 234 g/mol. The normalized spacial score (nSPS) is 33.6. The zero-order valence-corrected chi connectivity index (χ0v) is 10.4. The number of ether oxygens (including phenoxy) is 1. The molecule has 2 aliphatic carbocycles. The first-order chi connectivity index (χ1) is 8.59. The van der Waals surface area contributed by atoms with Gasteiger partial charge in [-0.25, -0.2) is 0 Å². The number of carbonyl (C=O) groups is 2. The average Bonchev–Trinajstić information content (AvgIpc) is 2.88. The number of hydrogen-bond acceptors (Lipinski definition) is 4. The molecule has 0 aromatic heterocycles. The Bertz CT molecular complexity index is 333. The van der Waals surface area contributed by atoms with Crippen LogP contribution in [0, 0.1) is 17.8 Å². The molecule has 0 aromatic carbocycles. The Kier molecular flexibility index (Phi) is 4.19. The van der Waals surface area contributed by atoms with E-state index in [-0.39, 0.29) is 24.5 Å². The molecular formula is C12H21N3O3. The Morgan fingerprint density at radius 1 is 1.28 bits per heavy atom. The molecule has 18 heavy (non-hydrogen) atoms. The summed E-state index contributed by atoms with van der Waals surface area (Å²) in [7, 11) is 0. The molecule has 0 spiro atoms. The van der Waals surface area contributed by atoms with Crippen LogP contribution in [0.25, 0.3) is 0 Å². The van der Waals surface area contributed by atoms with Crippen LogP contribution < -0.4 is 16.8 Å². The quantitative estimate of drug-likeness (QED) is 0.528. The monoisotopic (exact) mass is 255 g/mol. The predicted molar refractivity (Wildman–Crippen MR) is 65.3 cm³/mol. The van der Waals surface area contributed by atoms with Crippen molar-refractivity contribution in [3.8, 4) is 0 Å². The smallest absolute Gasteiger partial charge is 0.243 e. The summed E-state index contributed by atoms with van der Waals surface area (Å²) >= 11 is 0. The number of rotatable bonds is 6. The van der Waals surface area contributed by atoms with Crippen molar-refractivity contribution in [1.82, 2.24) is 5.32 Å². The fraction of sp³-hybridized carbons (Fsp3) is 0.833. The summed E-state index contributed by atoms with van der Waals surface area (Å²) in [5.41, 5.74) is 11.0. The molecule has 0 aliphatic heterocycles. The molecule has 2 amide bonds. The van der Waals surface area contributed by atoms with E-state index in [0.29, 0.717) is 25.0 Å². The predicted octanol–water partition coefficient (Wildman–Crippen LogP) is -1.02. The highest BCUT2D eigenvalue weighted by atomic mass is 16.5. The van der Waals surface area contributed by atoms with Crippen LogP contribution in [0.4, 0.5) is 0 Å². The highest BCUT2D eigenvalue weighted by Gasteiger charge is 2.48. The van der Waals surface area contributed by atoms with Crippen molar-refractivity contribution in [2.24, 2.45) is 29.2 Å². The van der Waals surface area contributed by atoms with E-state index in [9.17, 15) is 9.59 Å². The third-order valence-corrected chi connectivity index (χ3v) is 4.07. The Morgan fingerprint density at radius 3 is 2.61 bits per heavy atom. The highest BCUT2D eigenvalue weighted by Crippen LogP contribution is 2.47. The molecule has 6 heteroatoms. The van der Waals surface area contributed by atoms with E-state index in [4.69, 9.17) is 16.2 Å². The summed E-state index contributed by atoms with van der Waals surface area (Å²) < 4.78 is 4.98. The molecule has 4 unspecified atom stereocenters. The van der Waals surface area contributed by atoms with E-state index in [1.54, 1.807) is 0 Å². The van der Waals surface area contributed by atoms with Crippen LogP contribution in [-0.2, 0) is 14.3 Å². The zero-order chi connectivity index (χ0) is 13.1. The molecule has 102 valence electrons. The number of carbonyl (C=O) groups excluding carboxylic acids is 2. The van der Waals surface area contributed by atoms with Gasteiger partial charge in [0.15, 0.2) is 0 Å². The molecule has 6 nitrogen and oxygen atoms in total. The van der Waals surface area contributed by atoms with Crippen molar-refractivity contribution in [2.75, 3.05) is 19.8 Å². The second-order valence-electron chi connectivity index (χ2n) is 5.25. The molecule has 0 heterocycles. The first-order valence-electron chi connectivity index (χ1n) is 6.49. The topological polar surface area (TPSA) is 107 Å². The lowest BCUT2D eigenvalue weighted by Gasteiger charge is -2.26. The van der Waals surface area contributed by atoms with Gasteiger partial charge in [0.05, 0.1) is 12.5 Å². The summed E-state index contributed by atoms with van der Waals surface area (Å²) in [6.07, 6.45) is 3.38.